The van der Waals surface area contributed by atoms with Crippen molar-refractivity contribution in [2.75, 3.05) is 7.05 Å². The van der Waals surface area contributed by atoms with Gasteiger partial charge in [-0.2, -0.15) is 0 Å². The Balaban J connectivity index is 3.03. The number of carbonyl (C=O) groups excluding carboxylic acids is 1. The number of amides is 1. The summed E-state index contributed by atoms with van der Waals surface area (Å²) in [5, 5.41) is 3.19. The van der Waals surface area contributed by atoms with Crippen LogP contribution in [-0.4, -0.2) is 35.0 Å². The number of hydrogen-bond donors (Lipinski definition) is 1. The van der Waals surface area contributed by atoms with E-state index in [0.717, 1.165) is 6.42 Å². The molecule has 1 heterocycles. The number of carbonyl (C=O) groups is 1. The van der Waals surface area contributed by atoms with Crippen molar-refractivity contribution < 1.29 is 4.79 Å². The van der Waals surface area contributed by atoms with E-state index in [9.17, 15) is 4.79 Å². The first-order valence-electron chi connectivity index (χ1n) is 7.83. The van der Waals surface area contributed by atoms with Crippen molar-refractivity contribution >= 4 is 5.91 Å². The van der Waals surface area contributed by atoms with Crippen LogP contribution in [0.2, 0.25) is 0 Å². The molecular weight excluding hydrogens is 248 g/mol. The Bertz CT molecular complexity index is 360. The lowest BCUT2D eigenvalue weighted by Crippen LogP contribution is -2.69. The highest BCUT2D eigenvalue weighted by Crippen LogP contribution is 2.42. The van der Waals surface area contributed by atoms with Crippen LogP contribution in [0.3, 0.4) is 0 Å². The van der Waals surface area contributed by atoms with Crippen LogP contribution in [0.1, 0.15) is 60.3 Å². The van der Waals surface area contributed by atoms with E-state index in [1.165, 1.54) is 25.3 Å². The molecule has 1 N–H and O–H groups in total. The largest absolute Gasteiger partial charge is 0.348 e. The fourth-order valence-electron chi connectivity index (χ4n) is 3.70. The van der Waals surface area contributed by atoms with Crippen molar-refractivity contribution in [2.24, 2.45) is 5.92 Å². The van der Waals surface area contributed by atoms with Crippen molar-refractivity contribution in [2.45, 2.75) is 77.4 Å². The van der Waals surface area contributed by atoms with Gasteiger partial charge in [-0.25, -0.2) is 0 Å². The molecule has 0 bridgehead atoms. The van der Waals surface area contributed by atoms with E-state index in [4.69, 9.17) is 0 Å². The molecule has 20 heavy (non-hydrogen) atoms. The summed E-state index contributed by atoms with van der Waals surface area (Å²) in [4.78, 5) is 14.2. The molecule has 3 nitrogen and oxygen atoms in total. The molecule has 0 spiro atoms. The van der Waals surface area contributed by atoms with E-state index >= 15 is 0 Å². The predicted molar refractivity (Wildman–Crippen MR) is 85.7 cm³/mol. The maximum atomic E-state index is 11.8. The highest BCUT2D eigenvalue weighted by Gasteiger charge is 2.49. The minimum atomic E-state index is -0.0577. The number of rotatable bonds is 5. The summed E-state index contributed by atoms with van der Waals surface area (Å²) in [7, 11) is 2.17. The summed E-state index contributed by atoms with van der Waals surface area (Å²) in [6.45, 7) is 14.9. The van der Waals surface area contributed by atoms with Crippen molar-refractivity contribution in [3.05, 3.63) is 12.7 Å². The van der Waals surface area contributed by atoms with Crippen molar-refractivity contribution in [3.8, 4) is 0 Å². The van der Waals surface area contributed by atoms with Crippen molar-refractivity contribution in [3.63, 3.8) is 0 Å². The Morgan fingerprint density at radius 2 is 2.00 bits per heavy atom. The summed E-state index contributed by atoms with van der Waals surface area (Å²) in [6.07, 6.45) is 6.11. The van der Waals surface area contributed by atoms with Crippen LogP contribution >= 0.6 is 0 Å². The number of likely N-dealkylation sites (tertiary alicyclic amines) is 1. The molecule has 0 aromatic carbocycles. The van der Waals surface area contributed by atoms with E-state index < -0.39 is 0 Å². The number of piperidine rings is 1. The Morgan fingerprint density at radius 1 is 1.40 bits per heavy atom. The molecule has 116 valence electrons. The number of unbranched alkanes of at least 4 members (excludes halogenated alkanes) is 1. The SMILES string of the molecule is C=CC(=O)NC1C(CCCC)CC(C)(C)N(C)C1(C)C. The van der Waals surface area contributed by atoms with Crippen LogP contribution in [0.25, 0.3) is 0 Å². The zero-order valence-corrected chi connectivity index (χ0v) is 14.1. The fourth-order valence-corrected chi connectivity index (χ4v) is 3.70. The van der Waals surface area contributed by atoms with Crippen LogP contribution in [0.4, 0.5) is 0 Å². The molecule has 0 aromatic rings. The smallest absolute Gasteiger partial charge is 0.243 e. The molecule has 0 aliphatic carbocycles. The van der Waals surface area contributed by atoms with Crippen LogP contribution in [0.15, 0.2) is 12.7 Å². The summed E-state index contributed by atoms with van der Waals surface area (Å²) >= 11 is 0. The number of likely N-dealkylation sites (N-methyl/N-ethyl adjacent to an activating group) is 1. The van der Waals surface area contributed by atoms with Gasteiger partial charge in [0.25, 0.3) is 0 Å². The van der Waals surface area contributed by atoms with E-state index in [-0.39, 0.29) is 23.0 Å². The molecular formula is C17H32N2O. The molecule has 1 aliphatic rings. The molecule has 1 fully saturated rings. The second kappa shape index (κ2) is 6.30. The second-order valence-corrected chi connectivity index (χ2v) is 7.32. The van der Waals surface area contributed by atoms with Gasteiger partial charge in [-0.3, -0.25) is 9.69 Å². The van der Waals surface area contributed by atoms with Gasteiger partial charge >= 0.3 is 0 Å². The third kappa shape index (κ3) is 3.43. The standard InChI is InChI=1S/C17H32N2O/c1-8-10-11-13-12-16(3,4)19(7)17(5,6)15(13)18-14(20)9-2/h9,13,15H,2,8,10-12H2,1,3-7H3,(H,18,20). The van der Waals surface area contributed by atoms with Gasteiger partial charge in [0.15, 0.2) is 0 Å². The first-order chi connectivity index (χ1) is 9.16. The fraction of sp³-hybridized carbons (Fsp3) is 0.824. The molecule has 1 rings (SSSR count). The minimum Gasteiger partial charge on any atom is -0.348 e. The normalized spacial score (nSPS) is 28.9. The highest BCUT2D eigenvalue weighted by molar-refractivity contribution is 5.87. The zero-order valence-electron chi connectivity index (χ0n) is 14.1. The van der Waals surface area contributed by atoms with Gasteiger partial charge in [0.2, 0.25) is 5.91 Å². The molecule has 1 amide bonds. The Hall–Kier alpha value is -0.830. The Morgan fingerprint density at radius 3 is 2.50 bits per heavy atom. The van der Waals surface area contributed by atoms with Gasteiger partial charge in [0.05, 0.1) is 0 Å². The Labute approximate surface area is 124 Å². The predicted octanol–water partition coefficient (Wildman–Crippen LogP) is 3.36. The minimum absolute atomic E-state index is 0.0567. The third-order valence-corrected chi connectivity index (χ3v) is 5.18. The van der Waals surface area contributed by atoms with E-state index in [2.05, 4.69) is 58.5 Å². The average Bonchev–Trinajstić information content (AvgIpc) is 2.38. The third-order valence-electron chi connectivity index (χ3n) is 5.18. The summed E-state index contributed by atoms with van der Waals surface area (Å²) in [5.41, 5.74) is 0.107. The lowest BCUT2D eigenvalue weighted by Gasteiger charge is -2.58. The van der Waals surface area contributed by atoms with Crippen LogP contribution in [0, 0.1) is 5.92 Å². The highest BCUT2D eigenvalue weighted by atomic mass is 16.1. The van der Waals surface area contributed by atoms with Crippen molar-refractivity contribution in [1.82, 2.24) is 10.2 Å². The lowest BCUT2D eigenvalue weighted by atomic mass is 9.69. The summed E-state index contributed by atoms with van der Waals surface area (Å²) in [6, 6.07) is 0.178. The molecule has 0 saturated carbocycles. The maximum Gasteiger partial charge on any atom is 0.243 e. The zero-order chi connectivity index (χ0) is 15.6. The van der Waals surface area contributed by atoms with E-state index in [1.807, 2.05) is 0 Å². The van der Waals surface area contributed by atoms with Gasteiger partial charge < -0.3 is 5.32 Å². The summed E-state index contributed by atoms with van der Waals surface area (Å²) < 4.78 is 0. The quantitative estimate of drug-likeness (QED) is 0.783. The second-order valence-electron chi connectivity index (χ2n) is 7.32. The van der Waals surface area contributed by atoms with Crippen molar-refractivity contribution in [1.29, 1.82) is 0 Å². The monoisotopic (exact) mass is 280 g/mol. The number of nitrogens with one attached hydrogen (secondary N) is 1. The van der Waals surface area contributed by atoms with Gasteiger partial charge in [-0.1, -0.05) is 26.3 Å². The molecule has 2 unspecified atom stereocenters. The summed E-state index contributed by atoms with van der Waals surface area (Å²) in [5.74, 6) is 0.470. The van der Waals surface area contributed by atoms with Crippen LogP contribution in [0.5, 0.6) is 0 Å². The van der Waals surface area contributed by atoms with Crippen LogP contribution < -0.4 is 5.32 Å². The van der Waals surface area contributed by atoms with Gasteiger partial charge in [-0.15, -0.1) is 0 Å². The number of nitrogens with zero attached hydrogens (tertiary/aromatic N) is 1. The number of hydrogen-bond acceptors (Lipinski definition) is 2. The molecule has 0 aromatic heterocycles. The Kier molecular flexibility index (Phi) is 5.42. The molecule has 3 heteroatoms. The van der Waals surface area contributed by atoms with E-state index in [1.54, 1.807) is 0 Å². The first-order valence-corrected chi connectivity index (χ1v) is 7.83. The topological polar surface area (TPSA) is 32.3 Å². The van der Waals surface area contributed by atoms with Crippen LogP contribution in [-0.2, 0) is 4.79 Å². The van der Waals surface area contributed by atoms with Gasteiger partial charge in [0, 0.05) is 17.1 Å². The van der Waals surface area contributed by atoms with E-state index in [0.29, 0.717) is 5.92 Å². The first kappa shape index (κ1) is 17.2. The maximum absolute atomic E-state index is 11.8. The molecule has 0 radical (unpaired) electrons. The van der Waals surface area contributed by atoms with Gasteiger partial charge in [0.1, 0.15) is 0 Å². The lowest BCUT2D eigenvalue weighted by molar-refractivity contribution is -0.122. The molecule has 1 saturated heterocycles. The molecule has 1 aliphatic heterocycles. The van der Waals surface area contributed by atoms with Gasteiger partial charge in [-0.05, 0) is 59.6 Å². The molecule has 2 atom stereocenters. The average molecular weight is 280 g/mol.